The van der Waals surface area contributed by atoms with Crippen molar-refractivity contribution in [3.05, 3.63) is 131 Å². The number of furan rings is 1. The van der Waals surface area contributed by atoms with Gasteiger partial charge in [0.25, 0.3) is 17.2 Å². The molecule has 0 unspecified atom stereocenters. The van der Waals surface area contributed by atoms with E-state index in [0.29, 0.717) is 28.5 Å². The van der Waals surface area contributed by atoms with Gasteiger partial charge in [0.2, 0.25) is 0 Å². The number of anilines is 1. The molecule has 0 radical (unpaired) electrons. The number of hydrogen-bond donors (Lipinski definition) is 1. The molecule has 5 aromatic rings. The second kappa shape index (κ2) is 11.3. The molecule has 3 aromatic carbocycles. The van der Waals surface area contributed by atoms with Crippen LogP contribution in [0.2, 0.25) is 0 Å². The fourth-order valence-electron chi connectivity index (χ4n) is 4.13. The van der Waals surface area contributed by atoms with Gasteiger partial charge in [-0.25, -0.2) is 0 Å². The number of carbonyl (C=O) groups excluding carboxylic acids is 1. The van der Waals surface area contributed by atoms with E-state index >= 15 is 0 Å². The van der Waals surface area contributed by atoms with Crippen molar-refractivity contribution in [2.45, 2.75) is 13.8 Å². The fraction of sp³-hybridized carbons (Fsp3) is 0.0645. The maximum atomic E-state index is 13.6. The van der Waals surface area contributed by atoms with Crippen molar-refractivity contribution < 1.29 is 14.1 Å². The van der Waals surface area contributed by atoms with Crippen LogP contribution in [0.1, 0.15) is 16.9 Å². The number of thiazole rings is 1. The lowest BCUT2D eigenvalue weighted by Gasteiger charge is -2.07. The largest absolute Gasteiger partial charge is 0.457 e. The molecule has 2 aromatic heterocycles. The number of rotatable bonds is 6. The molecule has 202 valence electrons. The van der Waals surface area contributed by atoms with Crippen LogP contribution < -0.4 is 20.1 Å². The number of aromatic nitrogens is 1. The SMILES string of the molecule is Cc1ccc(NC(=O)/C(C#N)=c2\s/c(=C/c3ccc(-c4ccc([N+](=O)[O-])cc4)o3)c(=O)n2-c2ccccc2)cc1C. The molecule has 41 heavy (non-hydrogen) atoms. The van der Waals surface area contributed by atoms with E-state index in [-0.39, 0.29) is 20.5 Å². The number of carbonyl (C=O) groups is 1. The number of non-ortho nitro benzene ring substituents is 1. The van der Waals surface area contributed by atoms with E-state index in [9.17, 15) is 25.0 Å². The molecular formula is C31H22N4O5S. The van der Waals surface area contributed by atoms with E-state index in [1.165, 1.54) is 16.7 Å². The van der Waals surface area contributed by atoms with Gasteiger partial charge >= 0.3 is 0 Å². The summed E-state index contributed by atoms with van der Waals surface area (Å²) >= 11 is 1.00. The highest BCUT2D eigenvalue weighted by Crippen LogP contribution is 2.25. The van der Waals surface area contributed by atoms with Crippen LogP contribution in [0.5, 0.6) is 0 Å². The third kappa shape index (κ3) is 5.61. The Kier molecular flexibility index (Phi) is 7.45. The molecule has 1 amide bonds. The summed E-state index contributed by atoms with van der Waals surface area (Å²) in [5.41, 5.74) is 3.06. The third-order valence-corrected chi connectivity index (χ3v) is 7.51. The predicted octanol–water partition coefficient (Wildman–Crippen LogP) is 4.83. The summed E-state index contributed by atoms with van der Waals surface area (Å²) in [4.78, 5) is 37.4. The molecule has 0 aliphatic carbocycles. The van der Waals surface area contributed by atoms with Crippen molar-refractivity contribution in [1.82, 2.24) is 4.57 Å². The average molecular weight is 563 g/mol. The van der Waals surface area contributed by atoms with E-state index in [4.69, 9.17) is 4.42 Å². The zero-order valence-corrected chi connectivity index (χ0v) is 22.8. The van der Waals surface area contributed by atoms with Crippen LogP contribution >= 0.6 is 11.3 Å². The Morgan fingerprint density at radius 3 is 2.41 bits per heavy atom. The first-order valence-electron chi connectivity index (χ1n) is 12.4. The van der Waals surface area contributed by atoms with Gasteiger partial charge in [-0.3, -0.25) is 24.3 Å². The van der Waals surface area contributed by atoms with Crippen molar-refractivity contribution in [3.63, 3.8) is 0 Å². The van der Waals surface area contributed by atoms with Crippen LogP contribution in [-0.4, -0.2) is 15.4 Å². The Morgan fingerprint density at radius 1 is 1.02 bits per heavy atom. The van der Waals surface area contributed by atoms with Crippen LogP contribution in [0.15, 0.2) is 94.1 Å². The maximum absolute atomic E-state index is 13.6. The molecule has 0 spiro atoms. The minimum absolute atomic E-state index is 0.0363. The van der Waals surface area contributed by atoms with Crippen molar-refractivity contribution in [3.8, 4) is 23.1 Å². The number of nitrogens with one attached hydrogen (secondary N) is 1. The molecule has 0 saturated carbocycles. The molecule has 10 heteroatoms. The number of para-hydroxylation sites is 1. The first-order chi connectivity index (χ1) is 19.7. The van der Waals surface area contributed by atoms with Gasteiger partial charge < -0.3 is 9.73 Å². The zero-order chi connectivity index (χ0) is 29.1. The average Bonchev–Trinajstić information content (AvgIpc) is 3.56. The molecule has 0 aliphatic rings. The topological polar surface area (TPSA) is 131 Å². The number of nitriles is 1. The lowest BCUT2D eigenvalue weighted by Crippen LogP contribution is -2.32. The molecule has 0 bridgehead atoms. The highest BCUT2D eigenvalue weighted by Gasteiger charge is 2.18. The lowest BCUT2D eigenvalue weighted by molar-refractivity contribution is -0.384. The summed E-state index contributed by atoms with van der Waals surface area (Å²) in [6.07, 6.45) is 1.54. The van der Waals surface area contributed by atoms with E-state index in [1.54, 1.807) is 66.7 Å². The Hall–Kier alpha value is -5.53. The molecule has 9 nitrogen and oxygen atoms in total. The van der Waals surface area contributed by atoms with Crippen molar-refractivity contribution >= 4 is 40.3 Å². The number of nitrogens with zero attached hydrogens (tertiary/aromatic N) is 3. The normalized spacial score (nSPS) is 12.1. The molecule has 2 heterocycles. The van der Waals surface area contributed by atoms with Crippen LogP contribution in [0.25, 0.3) is 28.7 Å². The first-order valence-corrected chi connectivity index (χ1v) is 13.2. The van der Waals surface area contributed by atoms with E-state index in [0.717, 1.165) is 22.5 Å². The summed E-state index contributed by atoms with van der Waals surface area (Å²) in [5, 5.41) is 23.8. The number of amides is 1. The quantitative estimate of drug-likeness (QED) is 0.233. The Bertz CT molecular complexity index is 2010. The van der Waals surface area contributed by atoms with Gasteiger partial charge in [0.1, 0.15) is 22.3 Å². The summed E-state index contributed by atoms with van der Waals surface area (Å²) < 4.78 is 7.67. The Balaban J connectivity index is 1.61. The van der Waals surface area contributed by atoms with E-state index < -0.39 is 16.4 Å². The van der Waals surface area contributed by atoms with Gasteiger partial charge in [-0.2, -0.15) is 5.26 Å². The predicted molar refractivity (Wildman–Crippen MR) is 157 cm³/mol. The molecule has 0 saturated heterocycles. The Morgan fingerprint density at radius 2 is 1.76 bits per heavy atom. The standard InChI is InChI=1S/C31H22N4O5S/c1-19-8-11-22(16-20(19)2)33-29(36)26(18-32)31-34(23-6-4-3-5-7-23)30(37)28(41-31)17-25-14-15-27(40-25)21-9-12-24(13-10-21)35(38)39/h3-17H,1-2H3,(H,33,36)/b28-17+,31-26-. The second-order valence-corrected chi connectivity index (χ2v) is 10.2. The van der Waals surface area contributed by atoms with Gasteiger partial charge in [-0.1, -0.05) is 24.3 Å². The summed E-state index contributed by atoms with van der Waals surface area (Å²) in [5.74, 6) is 0.191. The summed E-state index contributed by atoms with van der Waals surface area (Å²) in [6, 6.07) is 25.5. The Labute approximate surface area is 237 Å². The highest BCUT2D eigenvalue weighted by atomic mass is 32.1. The molecule has 5 rings (SSSR count). The summed E-state index contributed by atoms with van der Waals surface area (Å²) in [7, 11) is 0. The lowest BCUT2D eigenvalue weighted by atomic mass is 10.1. The van der Waals surface area contributed by atoms with Crippen molar-refractivity contribution in [2.24, 2.45) is 0 Å². The highest BCUT2D eigenvalue weighted by molar-refractivity contribution is 7.07. The van der Waals surface area contributed by atoms with Crippen molar-refractivity contribution in [1.29, 1.82) is 5.26 Å². The second-order valence-electron chi connectivity index (χ2n) is 9.14. The van der Waals surface area contributed by atoms with Crippen LogP contribution in [0.3, 0.4) is 0 Å². The van der Waals surface area contributed by atoms with Crippen LogP contribution in [0, 0.1) is 35.3 Å². The molecular weight excluding hydrogens is 540 g/mol. The zero-order valence-electron chi connectivity index (χ0n) is 22.0. The van der Waals surface area contributed by atoms with Crippen molar-refractivity contribution in [2.75, 3.05) is 5.32 Å². The van der Waals surface area contributed by atoms with Gasteiger partial charge in [-0.15, -0.1) is 11.3 Å². The smallest absolute Gasteiger partial charge is 0.273 e. The maximum Gasteiger partial charge on any atom is 0.273 e. The van der Waals surface area contributed by atoms with Gasteiger partial charge in [-0.05, 0) is 73.5 Å². The summed E-state index contributed by atoms with van der Waals surface area (Å²) in [6.45, 7) is 3.89. The number of nitro benzene ring substituents is 1. The molecule has 0 atom stereocenters. The monoisotopic (exact) mass is 562 g/mol. The first kappa shape index (κ1) is 27.1. The minimum atomic E-state index is -0.633. The van der Waals surface area contributed by atoms with E-state index in [1.807, 2.05) is 32.0 Å². The van der Waals surface area contributed by atoms with Gasteiger partial charge in [0.15, 0.2) is 5.57 Å². The van der Waals surface area contributed by atoms with Gasteiger partial charge in [0.05, 0.1) is 15.1 Å². The molecule has 1 N–H and O–H groups in total. The number of benzene rings is 3. The van der Waals surface area contributed by atoms with Crippen LogP contribution in [-0.2, 0) is 4.79 Å². The van der Waals surface area contributed by atoms with E-state index in [2.05, 4.69) is 5.32 Å². The third-order valence-electron chi connectivity index (χ3n) is 6.42. The molecule has 0 aliphatic heterocycles. The minimum Gasteiger partial charge on any atom is -0.457 e. The van der Waals surface area contributed by atoms with Gasteiger partial charge in [0, 0.05) is 29.5 Å². The van der Waals surface area contributed by atoms with Crippen LogP contribution in [0.4, 0.5) is 11.4 Å². The number of hydrogen-bond acceptors (Lipinski definition) is 7. The number of aryl methyl sites for hydroxylation is 2. The molecule has 0 fully saturated rings. The fourth-order valence-corrected chi connectivity index (χ4v) is 5.21. The number of nitro groups is 1.